The number of amides is 1. The van der Waals surface area contributed by atoms with Crippen molar-refractivity contribution in [1.82, 2.24) is 4.72 Å². The van der Waals surface area contributed by atoms with Crippen LogP contribution in [0.25, 0.3) is 0 Å². The lowest BCUT2D eigenvalue weighted by molar-refractivity contribution is -0.152. The van der Waals surface area contributed by atoms with Gasteiger partial charge in [-0.2, -0.15) is 0 Å². The molecule has 12 heteroatoms. The van der Waals surface area contributed by atoms with Crippen LogP contribution in [-0.4, -0.2) is 50.8 Å². The Hall–Kier alpha value is -3.80. The summed E-state index contributed by atoms with van der Waals surface area (Å²) >= 11 is 0. The molecule has 2 aromatic rings. The summed E-state index contributed by atoms with van der Waals surface area (Å²) in [5.41, 5.74) is -0.242. The summed E-state index contributed by atoms with van der Waals surface area (Å²) < 4.78 is 43.3. The van der Waals surface area contributed by atoms with Crippen LogP contribution in [0, 0.1) is 0 Å². The third kappa shape index (κ3) is 7.88. The topological polar surface area (TPSA) is 157 Å². The molecule has 190 valence electrons. The van der Waals surface area contributed by atoms with E-state index in [1.807, 2.05) is 6.92 Å². The third-order valence-corrected chi connectivity index (χ3v) is 5.84. The zero-order chi connectivity index (χ0) is 26.0. The summed E-state index contributed by atoms with van der Waals surface area (Å²) in [6.07, 6.45) is -1.27. The van der Waals surface area contributed by atoms with Gasteiger partial charge in [-0.05, 0) is 44.5 Å². The predicted octanol–water partition coefficient (Wildman–Crippen LogP) is 3.76. The Bertz CT molecular complexity index is 1150. The number of ether oxygens (including phenoxy) is 3. The van der Waals surface area contributed by atoms with E-state index in [0.29, 0.717) is 6.54 Å². The monoisotopic (exact) mass is 508 g/mol. The molecule has 0 aromatic heterocycles. The highest BCUT2D eigenvalue weighted by Gasteiger charge is 2.29. The lowest BCUT2D eigenvalue weighted by atomic mass is 10.1. The van der Waals surface area contributed by atoms with E-state index in [0.717, 1.165) is 18.9 Å². The first kappa shape index (κ1) is 27.4. The van der Waals surface area contributed by atoms with Crippen LogP contribution in [0.3, 0.4) is 0 Å². The van der Waals surface area contributed by atoms with Crippen LogP contribution in [0.2, 0.25) is 0 Å². The van der Waals surface area contributed by atoms with Crippen molar-refractivity contribution >= 4 is 33.7 Å². The van der Waals surface area contributed by atoms with Crippen molar-refractivity contribution in [2.75, 3.05) is 18.5 Å². The molecule has 35 heavy (non-hydrogen) atoms. The van der Waals surface area contributed by atoms with Crippen LogP contribution in [0.1, 0.15) is 44.0 Å². The Morgan fingerprint density at radius 2 is 1.77 bits per heavy atom. The van der Waals surface area contributed by atoms with Gasteiger partial charge in [-0.25, -0.2) is 27.5 Å². The number of aromatic carboxylic acids is 1. The molecule has 3 N–H and O–H groups in total. The lowest BCUT2D eigenvalue weighted by Gasteiger charge is -2.19. The second kappa shape index (κ2) is 12.6. The van der Waals surface area contributed by atoms with Gasteiger partial charge in [0, 0.05) is 6.54 Å². The minimum atomic E-state index is -4.71. The second-order valence-corrected chi connectivity index (χ2v) is 8.91. The molecule has 0 bridgehead atoms. The molecule has 0 saturated carbocycles. The first-order valence-electron chi connectivity index (χ1n) is 10.9. The molecule has 1 amide bonds. The van der Waals surface area contributed by atoms with Gasteiger partial charge in [0.25, 0.3) is 10.0 Å². The van der Waals surface area contributed by atoms with Crippen LogP contribution >= 0.6 is 0 Å². The zero-order valence-corrected chi connectivity index (χ0v) is 20.4. The van der Waals surface area contributed by atoms with E-state index in [-0.39, 0.29) is 29.4 Å². The molecule has 0 heterocycles. The average molecular weight is 509 g/mol. The molecule has 0 saturated heterocycles. The van der Waals surface area contributed by atoms with Gasteiger partial charge in [-0.1, -0.05) is 31.5 Å². The van der Waals surface area contributed by atoms with Crippen LogP contribution in [-0.2, 0) is 24.3 Å². The van der Waals surface area contributed by atoms with E-state index in [9.17, 15) is 27.9 Å². The molecule has 0 aliphatic rings. The van der Waals surface area contributed by atoms with Crippen molar-refractivity contribution in [3.05, 3.63) is 48.0 Å². The van der Waals surface area contributed by atoms with Crippen molar-refractivity contribution in [2.45, 2.75) is 44.6 Å². The number of carboxylic acids is 1. The summed E-state index contributed by atoms with van der Waals surface area (Å²) in [5, 5.41) is 12.5. The number of carboxylic acid groups (broad SMARTS) is 1. The predicted molar refractivity (Wildman–Crippen MR) is 126 cm³/mol. The van der Waals surface area contributed by atoms with Gasteiger partial charge < -0.3 is 24.6 Å². The van der Waals surface area contributed by atoms with Crippen molar-refractivity contribution < 1.29 is 42.1 Å². The van der Waals surface area contributed by atoms with Crippen LogP contribution < -0.4 is 14.8 Å². The van der Waals surface area contributed by atoms with Gasteiger partial charge in [-0.15, -0.1) is 0 Å². The largest absolute Gasteiger partial charge is 0.478 e. The van der Waals surface area contributed by atoms with E-state index >= 15 is 0 Å². The van der Waals surface area contributed by atoms with E-state index in [2.05, 4.69) is 5.32 Å². The van der Waals surface area contributed by atoms with Crippen LogP contribution in [0.15, 0.2) is 47.4 Å². The minimum Gasteiger partial charge on any atom is -0.478 e. The molecular weight excluding hydrogens is 480 g/mol. The quantitative estimate of drug-likeness (QED) is 0.285. The fourth-order valence-corrected chi connectivity index (χ4v) is 3.88. The summed E-state index contributed by atoms with van der Waals surface area (Å²) in [7, 11) is -4.71. The van der Waals surface area contributed by atoms with E-state index < -0.39 is 39.1 Å². The molecule has 0 fully saturated rings. The molecule has 11 nitrogen and oxygen atoms in total. The molecule has 0 aliphatic heterocycles. The van der Waals surface area contributed by atoms with Gasteiger partial charge in [0.05, 0.1) is 17.9 Å². The van der Waals surface area contributed by atoms with Gasteiger partial charge in [0.15, 0.2) is 11.9 Å². The lowest BCUT2D eigenvalue weighted by Crippen LogP contribution is -2.36. The Morgan fingerprint density at radius 3 is 2.37 bits per heavy atom. The highest BCUT2D eigenvalue weighted by Crippen LogP contribution is 2.37. The maximum absolute atomic E-state index is 13.2. The van der Waals surface area contributed by atoms with Crippen LogP contribution in [0.4, 0.5) is 10.5 Å². The van der Waals surface area contributed by atoms with Gasteiger partial charge >= 0.3 is 18.0 Å². The van der Waals surface area contributed by atoms with Crippen molar-refractivity contribution in [3.8, 4) is 11.5 Å². The first-order valence-corrected chi connectivity index (χ1v) is 12.4. The Kier molecular flexibility index (Phi) is 9.88. The van der Waals surface area contributed by atoms with Gasteiger partial charge in [-0.3, -0.25) is 0 Å². The number of sulfonamides is 1. The smallest absolute Gasteiger partial charge is 0.422 e. The average Bonchev–Trinajstić information content (AvgIpc) is 2.80. The van der Waals surface area contributed by atoms with Crippen molar-refractivity contribution in [2.24, 2.45) is 0 Å². The summed E-state index contributed by atoms with van der Waals surface area (Å²) in [6.45, 7) is 5.19. The summed E-state index contributed by atoms with van der Waals surface area (Å²) in [6, 6.07) is 10.4. The number of carbonyl (C=O) groups excluding carboxylic acids is 2. The maximum atomic E-state index is 13.2. The molecule has 0 spiro atoms. The minimum absolute atomic E-state index is 0.0441. The van der Waals surface area contributed by atoms with Crippen LogP contribution in [0.5, 0.6) is 11.5 Å². The number of para-hydroxylation sites is 1. The Labute approximate surface area is 203 Å². The third-order valence-electron chi connectivity index (χ3n) is 4.52. The number of hydrogen-bond acceptors (Lipinski definition) is 9. The molecule has 0 unspecified atom stereocenters. The van der Waals surface area contributed by atoms with E-state index in [1.165, 1.54) is 13.0 Å². The number of hydrogen-bond donors (Lipinski definition) is 3. The summed E-state index contributed by atoms with van der Waals surface area (Å²) in [5.74, 6) is -2.17. The molecule has 2 rings (SSSR count). The second-order valence-electron chi connectivity index (χ2n) is 7.26. The normalized spacial score (nSPS) is 11.7. The number of nitrogens with one attached hydrogen (secondary N) is 2. The zero-order valence-electron chi connectivity index (χ0n) is 19.6. The number of unbranched alkanes of at least 4 members (excludes halogenated alkanes) is 1. The fraction of sp³-hybridized carbons (Fsp3) is 0.348. The number of carbonyl (C=O) groups is 3. The number of benzene rings is 2. The molecular formula is C23H28N2O9S. The fourth-order valence-electron chi connectivity index (χ4n) is 2.83. The van der Waals surface area contributed by atoms with Gasteiger partial charge in [0.1, 0.15) is 10.6 Å². The Morgan fingerprint density at radius 1 is 1.09 bits per heavy atom. The Balaban J connectivity index is 2.50. The van der Waals surface area contributed by atoms with Crippen molar-refractivity contribution in [3.63, 3.8) is 0 Å². The SMILES string of the molecule is CCCCNc1cc(C(=O)O)cc(S(=O)(=O)NC(=O)O[C@H](C)C(=O)OCC)c1Oc1ccccc1. The molecule has 0 aliphatic carbocycles. The standard InChI is InChI=1S/C23H28N2O9S/c1-4-6-12-24-18-13-16(21(26)27)14-19(20(18)34-17-10-8-7-9-11-17)35(30,31)25-23(29)33-15(3)22(28)32-5-2/h7-11,13-15,24H,4-6,12H2,1-3H3,(H,25,29)(H,26,27)/t15-/m1/s1. The molecule has 2 aromatic carbocycles. The van der Waals surface area contributed by atoms with Crippen molar-refractivity contribution in [1.29, 1.82) is 0 Å². The maximum Gasteiger partial charge on any atom is 0.422 e. The highest BCUT2D eigenvalue weighted by atomic mass is 32.2. The van der Waals surface area contributed by atoms with E-state index in [1.54, 1.807) is 42.0 Å². The van der Waals surface area contributed by atoms with E-state index in [4.69, 9.17) is 14.2 Å². The van der Waals surface area contributed by atoms with Gasteiger partial charge in [0.2, 0.25) is 0 Å². The molecule has 0 radical (unpaired) electrons. The number of anilines is 1. The number of esters is 1. The summed E-state index contributed by atoms with van der Waals surface area (Å²) in [4.78, 5) is 35.0. The highest BCUT2D eigenvalue weighted by molar-refractivity contribution is 7.90. The first-order chi connectivity index (χ1) is 16.6. The molecule has 1 atom stereocenters. The number of rotatable bonds is 12.